The van der Waals surface area contributed by atoms with Crippen molar-refractivity contribution in [2.75, 3.05) is 13.6 Å². The summed E-state index contributed by atoms with van der Waals surface area (Å²) in [6.45, 7) is 2.75. The third-order valence-corrected chi connectivity index (χ3v) is 5.40. The van der Waals surface area contributed by atoms with Gasteiger partial charge in [-0.25, -0.2) is 4.99 Å². The molecule has 0 spiro atoms. The molecule has 1 unspecified atom stereocenters. The van der Waals surface area contributed by atoms with E-state index in [1.807, 2.05) is 19.2 Å². The molecule has 0 saturated carbocycles. The first kappa shape index (κ1) is 14.0. The van der Waals surface area contributed by atoms with Crippen LogP contribution in [0.25, 0.3) is 0 Å². The Morgan fingerprint density at radius 1 is 1.48 bits per heavy atom. The zero-order valence-electron chi connectivity index (χ0n) is 12.1. The molecule has 3 heterocycles. The largest absolute Gasteiger partial charge is 0.369 e. The van der Waals surface area contributed by atoms with Crippen LogP contribution in [-0.2, 0) is 10.3 Å². The van der Waals surface area contributed by atoms with Crippen molar-refractivity contribution >= 4 is 29.4 Å². The maximum absolute atomic E-state index is 12.0. The van der Waals surface area contributed by atoms with Gasteiger partial charge in [0.05, 0.1) is 13.0 Å². The monoisotopic (exact) mass is 302 g/mol. The van der Waals surface area contributed by atoms with Crippen LogP contribution in [0.15, 0.2) is 34.3 Å². The Morgan fingerprint density at radius 3 is 2.95 bits per heavy atom. The second-order valence-corrected chi connectivity index (χ2v) is 6.70. The molecule has 0 radical (unpaired) electrons. The molecule has 3 rings (SSSR count). The highest BCUT2D eigenvalue weighted by atomic mass is 32.1. The number of nitrogens with zero attached hydrogens (tertiary/aromatic N) is 3. The molecular weight excluding hydrogens is 284 g/mol. The van der Waals surface area contributed by atoms with E-state index in [0.717, 1.165) is 11.4 Å². The Hall–Kier alpha value is -1.95. The molecule has 0 aromatic carbocycles. The zero-order chi connectivity index (χ0) is 15.0. The van der Waals surface area contributed by atoms with Crippen LogP contribution in [0, 0.1) is 0 Å². The van der Waals surface area contributed by atoms with Gasteiger partial charge in [-0.2, -0.15) is 0 Å². The third-order valence-electron chi connectivity index (χ3n) is 3.93. The average Bonchev–Trinajstić information content (AvgIpc) is 2.96. The lowest BCUT2D eigenvalue weighted by Crippen LogP contribution is -2.47. The first-order valence-corrected chi connectivity index (χ1v) is 7.70. The summed E-state index contributed by atoms with van der Waals surface area (Å²) in [5.41, 5.74) is 5.30. The fraction of sp³-hybridized carbons (Fsp3) is 0.400. The van der Waals surface area contributed by atoms with E-state index in [1.54, 1.807) is 18.4 Å². The molecule has 0 saturated heterocycles. The van der Waals surface area contributed by atoms with Crippen molar-refractivity contribution in [3.05, 3.63) is 34.0 Å². The second-order valence-electron chi connectivity index (χ2n) is 5.58. The molecule has 6 heteroatoms. The molecule has 21 heavy (non-hydrogen) atoms. The molecule has 0 aliphatic carbocycles. The number of allylic oxidation sites excluding steroid dienone is 1. The Labute approximate surface area is 127 Å². The van der Waals surface area contributed by atoms with Crippen molar-refractivity contribution in [2.24, 2.45) is 15.7 Å². The van der Waals surface area contributed by atoms with Crippen LogP contribution < -0.4 is 5.73 Å². The van der Waals surface area contributed by atoms with Gasteiger partial charge in [0.2, 0.25) is 5.91 Å². The summed E-state index contributed by atoms with van der Waals surface area (Å²) >= 11 is 1.69. The van der Waals surface area contributed by atoms with Crippen LogP contribution in [0.2, 0.25) is 0 Å². The summed E-state index contributed by atoms with van der Waals surface area (Å²) in [4.78, 5) is 24.6. The van der Waals surface area contributed by atoms with Gasteiger partial charge in [-0.05, 0) is 25.1 Å². The molecular formula is C15H18N4OS. The standard InChI is InChI=1S/C15H18N4OS/c1-15(8-13(20)19(2)14(16)18-15)12-6-5-11(21-12)10-4-3-7-17-9-10/h3-7,10H,8-9H2,1-2H3,(H2,16,18)/t10?,15-/m0/s1. The van der Waals surface area contributed by atoms with E-state index in [0.29, 0.717) is 12.3 Å². The predicted octanol–water partition coefficient (Wildman–Crippen LogP) is 1.86. The highest BCUT2D eigenvalue weighted by Crippen LogP contribution is 2.39. The van der Waals surface area contributed by atoms with E-state index < -0.39 is 5.54 Å². The van der Waals surface area contributed by atoms with E-state index >= 15 is 0 Å². The van der Waals surface area contributed by atoms with E-state index in [1.165, 1.54) is 9.78 Å². The van der Waals surface area contributed by atoms with Crippen LogP contribution in [0.1, 0.15) is 29.0 Å². The van der Waals surface area contributed by atoms with E-state index in [9.17, 15) is 4.79 Å². The summed E-state index contributed by atoms with van der Waals surface area (Å²) in [6, 6.07) is 4.16. The molecule has 5 nitrogen and oxygen atoms in total. The minimum Gasteiger partial charge on any atom is -0.369 e. The summed E-state index contributed by atoms with van der Waals surface area (Å²) in [7, 11) is 1.66. The number of hydrogen-bond acceptors (Lipinski definition) is 5. The van der Waals surface area contributed by atoms with Crippen LogP contribution in [0.5, 0.6) is 0 Å². The van der Waals surface area contributed by atoms with Gasteiger partial charge in [0, 0.05) is 28.9 Å². The first-order chi connectivity index (χ1) is 9.99. The topological polar surface area (TPSA) is 71.0 Å². The lowest BCUT2D eigenvalue weighted by Gasteiger charge is -2.32. The average molecular weight is 302 g/mol. The number of aliphatic imine (C=N–C) groups is 2. The van der Waals surface area contributed by atoms with Crippen molar-refractivity contribution in [3.8, 4) is 0 Å². The van der Waals surface area contributed by atoms with Gasteiger partial charge >= 0.3 is 0 Å². The number of guanidine groups is 1. The van der Waals surface area contributed by atoms with Gasteiger partial charge in [0.25, 0.3) is 0 Å². The summed E-state index contributed by atoms with van der Waals surface area (Å²) < 4.78 is 0. The van der Waals surface area contributed by atoms with Crippen molar-refractivity contribution in [2.45, 2.75) is 24.8 Å². The quantitative estimate of drug-likeness (QED) is 0.906. The van der Waals surface area contributed by atoms with Crippen molar-refractivity contribution in [3.63, 3.8) is 0 Å². The third kappa shape index (κ3) is 2.51. The number of carbonyl (C=O) groups is 1. The highest BCUT2D eigenvalue weighted by molar-refractivity contribution is 7.12. The van der Waals surface area contributed by atoms with Crippen molar-refractivity contribution in [1.82, 2.24) is 4.90 Å². The highest BCUT2D eigenvalue weighted by Gasteiger charge is 2.37. The fourth-order valence-electron chi connectivity index (χ4n) is 2.56. The van der Waals surface area contributed by atoms with Gasteiger partial charge < -0.3 is 5.73 Å². The predicted molar refractivity (Wildman–Crippen MR) is 85.9 cm³/mol. The molecule has 1 aromatic heterocycles. The minimum atomic E-state index is -0.557. The summed E-state index contributed by atoms with van der Waals surface area (Å²) in [5.74, 6) is 0.605. The Morgan fingerprint density at radius 2 is 2.29 bits per heavy atom. The lowest BCUT2D eigenvalue weighted by atomic mass is 9.94. The van der Waals surface area contributed by atoms with Gasteiger partial charge in [0.15, 0.2) is 5.96 Å². The number of amides is 1. The number of carbonyl (C=O) groups excluding carboxylic acids is 1. The number of hydrogen-bond donors (Lipinski definition) is 1. The smallest absolute Gasteiger partial charge is 0.231 e. The molecule has 2 N–H and O–H groups in total. The molecule has 1 aromatic rings. The number of thiophene rings is 1. The molecule has 110 valence electrons. The van der Waals surface area contributed by atoms with Crippen molar-refractivity contribution in [1.29, 1.82) is 0 Å². The molecule has 2 aliphatic rings. The molecule has 0 bridgehead atoms. The van der Waals surface area contributed by atoms with Crippen LogP contribution in [-0.4, -0.2) is 36.6 Å². The molecule has 2 aliphatic heterocycles. The maximum atomic E-state index is 12.0. The zero-order valence-corrected chi connectivity index (χ0v) is 12.9. The normalized spacial score (nSPS) is 28.9. The van der Waals surface area contributed by atoms with Gasteiger partial charge in [-0.1, -0.05) is 6.08 Å². The Bertz CT molecular complexity index is 660. The number of nitrogens with two attached hydrogens (primary N) is 1. The summed E-state index contributed by atoms with van der Waals surface area (Å²) in [6.07, 6.45) is 6.31. The van der Waals surface area contributed by atoms with Crippen LogP contribution in [0.3, 0.4) is 0 Å². The second kappa shape index (κ2) is 5.11. The molecule has 1 amide bonds. The first-order valence-electron chi connectivity index (χ1n) is 6.88. The Kier molecular flexibility index (Phi) is 3.41. The minimum absolute atomic E-state index is 0.00196. The van der Waals surface area contributed by atoms with Crippen LogP contribution >= 0.6 is 11.3 Å². The van der Waals surface area contributed by atoms with Crippen molar-refractivity contribution < 1.29 is 4.79 Å². The maximum Gasteiger partial charge on any atom is 0.231 e. The fourth-order valence-corrected chi connectivity index (χ4v) is 3.72. The van der Waals surface area contributed by atoms with Gasteiger partial charge in [-0.3, -0.25) is 14.7 Å². The molecule has 2 atom stereocenters. The van der Waals surface area contributed by atoms with Gasteiger partial charge in [0.1, 0.15) is 5.54 Å². The van der Waals surface area contributed by atoms with Gasteiger partial charge in [-0.15, -0.1) is 11.3 Å². The number of rotatable bonds is 2. The molecule has 0 fully saturated rings. The number of dihydropyridines is 1. The van der Waals surface area contributed by atoms with E-state index in [4.69, 9.17) is 5.73 Å². The SMILES string of the molecule is CN1C(=O)C[C@@](C)(c2ccc(C3C=CC=NC3)s2)N=C1N. The lowest BCUT2D eigenvalue weighted by molar-refractivity contribution is -0.128. The summed E-state index contributed by atoms with van der Waals surface area (Å²) in [5, 5.41) is 0. The Balaban J connectivity index is 1.90. The van der Waals surface area contributed by atoms with E-state index in [2.05, 4.69) is 28.2 Å². The van der Waals surface area contributed by atoms with Crippen LogP contribution in [0.4, 0.5) is 0 Å². The van der Waals surface area contributed by atoms with E-state index in [-0.39, 0.29) is 11.9 Å².